The molecule has 1 aliphatic carbocycles. The normalized spacial score (nSPS) is 16.3. The maximum Gasteiger partial charge on any atom is 0.269 e. The van der Waals surface area contributed by atoms with Gasteiger partial charge in [-0.3, -0.25) is 14.9 Å². The minimum absolute atomic E-state index is 0.0322. The fourth-order valence-corrected chi connectivity index (χ4v) is 3.65. The zero-order chi connectivity index (χ0) is 18.3. The number of rotatable bonds is 3. The lowest BCUT2D eigenvalue weighted by Crippen LogP contribution is -2.20. The Hall–Kier alpha value is -3.28. The van der Waals surface area contributed by atoms with E-state index < -0.39 is 4.92 Å². The highest BCUT2D eigenvalue weighted by Crippen LogP contribution is 2.35. The molecule has 0 aliphatic heterocycles. The lowest BCUT2D eigenvalue weighted by atomic mass is 9.81. The second-order valence-electron chi connectivity index (χ2n) is 6.53. The third-order valence-corrected chi connectivity index (χ3v) is 4.88. The summed E-state index contributed by atoms with van der Waals surface area (Å²) < 4.78 is 1.75. The number of carbonyl (C=O) groups is 1. The molecule has 1 unspecified atom stereocenters. The third-order valence-electron chi connectivity index (χ3n) is 4.88. The van der Waals surface area contributed by atoms with E-state index in [0.29, 0.717) is 24.1 Å². The van der Waals surface area contributed by atoms with Crippen LogP contribution in [0, 0.1) is 17.0 Å². The quantitative estimate of drug-likeness (QED) is 0.530. The Balaban J connectivity index is 1.77. The van der Waals surface area contributed by atoms with Gasteiger partial charge in [0.25, 0.3) is 5.69 Å². The van der Waals surface area contributed by atoms with Crippen molar-refractivity contribution in [2.24, 2.45) is 0 Å². The van der Waals surface area contributed by atoms with E-state index in [-0.39, 0.29) is 17.4 Å². The Morgan fingerprint density at radius 2 is 1.77 bits per heavy atom. The standard InChI is InChI=1S/C20H17N3O3/c1-13-20-18(11-15(12-19(20)24)14-5-3-2-4-6-14)22(21-13)16-7-9-17(10-8-16)23(25)26/h2-10,15H,11-12H2,1H3. The van der Waals surface area contributed by atoms with Gasteiger partial charge in [0.1, 0.15) is 0 Å². The summed E-state index contributed by atoms with van der Waals surface area (Å²) in [6, 6.07) is 16.3. The number of aryl methyl sites for hydroxylation is 1. The van der Waals surface area contributed by atoms with Crippen molar-refractivity contribution in [2.75, 3.05) is 0 Å². The van der Waals surface area contributed by atoms with E-state index in [0.717, 1.165) is 16.9 Å². The molecule has 0 spiro atoms. The van der Waals surface area contributed by atoms with Gasteiger partial charge in [-0.15, -0.1) is 0 Å². The topological polar surface area (TPSA) is 78.0 Å². The highest BCUT2D eigenvalue weighted by Gasteiger charge is 2.32. The van der Waals surface area contributed by atoms with Crippen LogP contribution in [0.15, 0.2) is 54.6 Å². The van der Waals surface area contributed by atoms with E-state index >= 15 is 0 Å². The van der Waals surface area contributed by atoms with Crippen LogP contribution in [0.5, 0.6) is 0 Å². The molecule has 0 bridgehead atoms. The number of benzene rings is 2. The molecule has 1 atom stereocenters. The second-order valence-corrected chi connectivity index (χ2v) is 6.53. The SMILES string of the molecule is Cc1nn(-c2ccc([N+](=O)[O-])cc2)c2c1C(=O)CC(c1ccccc1)C2. The van der Waals surface area contributed by atoms with Gasteiger partial charge >= 0.3 is 0 Å². The van der Waals surface area contributed by atoms with Crippen LogP contribution in [0.3, 0.4) is 0 Å². The van der Waals surface area contributed by atoms with Crippen molar-refractivity contribution in [2.45, 2.75) is 25.7 Å². The molecule has 4 rings (SSSR count). The molecule has 0 amide bonds. The zero-order valence-corrected chi connectivity index (χ0v) is 14.3. The van der Waals surface area contributed by atoms with E-state index in [1.165, 1.54) is 12.1 Å². The fourth-order valence-electron chi connectivity index (χ4n) is 3.65. The number of nitro groups is 1. The molecule has 0 saturated carbocycles. The number of hydrogen-bond acceptors (Lipinski definition) is 4. The van der Waals surface area contributed by atoms with Gasteiger partial charge in [0, 0.05) is 18.6 Å². The summed E-state index contributed by atoms with van der Waals surface area (Å²) in [7, 11) is 0. The zero-order valence-electron chi connectivity index (χ0n) is 14.3. The highest BCUT2D eigenvalue weighted by molar-refractivity contribution is 6.00. The van der Waals surface area contributed by atoms with Gasteiger partial charge in [-0.05, 0) is 37.0 Å². The Morgan fingerprint density at radius 1 is 1.08 bits per heavy atom. The summed E-state index contributed by atoms with van der Waals surface area (Å²) in [5, 5.41) is 15.4. The number of ketones is 1. The van der Waals surface area contributed by atoms with Crippen molar-refractivity contribution < 1.29 is 9.72 Å². The molecule has 0 N–H and O–H groups in total. The molecular weight excluding hydrogens is 330 g/mol. The Kier molecular flexibility index (Phi) is 3.88. The first-order valence-corrected chi connectivity index (χ1v) is 8.46. The number of nitrogens with zero attached hydrogens (tertiary/aromatic N) is 3. The first-order chi connectivity index (χ1) is 12.5. The summed E-state index contributed by atoms with van der Waals surface area (Å²) in [5.41, 5.74) is 4.17. The smallest absolute Gasteiger partial charge is 0.269 e. The van der Waals surface area contributed by atoms with Crippen LogP contribution >= 0.6 is 0 Å². The number of fused-ring (bicyclic) bond motifs is 1. The predicted molar refractivity (Wildman–Crippen MR) is 96.8 cm³/mol. The Bertz CT molecular complexity index is 991. The van der Waals surface area contributed by atoms with Gasteiger partial charge in [-0.2, -0.15) is 5.10 Å². The van der Waals surface area contributed by atoms with Crippen molar-refractivity contribution in [3.05, 3.63) is 87.2 Å². The van der Waals surface area contributed by atoms with Crippen LogP contribution in [-0.4, -0.2) is 20.5 Å². The largest absolute Gasteiger partial charge is 0.294 e. The van der Waals surface area contributed by atoms with Crippen LogP contribution in [0.25, 0.3) is 5.69 Å². The van der Waals surface area contributed by atoms with Crippen LogP contribution in [0.4, 0.5) is 5.69 Å². The molecule has 6 heteroatoms. The summed E-state index contributed by atoms with van der Waals surface area (Å²) in [6.45, 7) is 1.83. The fraction of sp³-hybridized carbons (Fsp3) is 0.200. The molecule has 1 heterocycles. The van der Waals surface area contributed by atoms with Gasteiger partial charge in [0.2, 0.25) is 0 Å². The van der Waals surface area contributed by atoms with Crippen molar-refractivity contribution >= 4 is 11.5 Å². The van der Waals surface area contributed by atoms with E-state index in [1.54, 1.807) is 16.8 Å². The third kappa shape index (κ3) is 2.69. The second kappa shape index (κ2) is 6.22. The van der Waals surface area contributed by atoms with Gasteiger partial charge < -0.3 is 0 Å². The molecule has 1 aliphatic rings. The Labute approximate surface area is 150 Å². The van der Waals surface area contributed by atoms with E-state index in [2.05, 4.69) is 5.10 Å². The lowest BCUT2D eigenvalue weighted by Gasteiger charge is -2.23. The molecule has 0 fully saturated rings. The van der Waals surface area contributed by atoms with Crippen molar-refractivity contribution in [1.82, 2.24) is 9.78 Å². The van der Waals surface area contributed by atoms with E-state index in [1.807, 2.05) is 37.3 Å². The van der Waals surface area contributed by atoms with Crippen molar-refractivity contribution in [3.63, 3.8) is 0 Å². The highest BCUT2D eigenvalue weighted by atomic mass is 16.6. The molecule has 0 saturated heterocycles. The number of Topliss-reactive ketones (excluding diaryl/α,β-unsaturated/α-hetero) is 1. The van der Waals surface area contributed by atoms with E-state index in [4.69, 9.17) is 0 Å². The van der Waals surface area contributed by atoms with Gasteiger partial charge in [0.15, 0.2) is 5.78 Å². The Morgan fingerprint density at radius 3 is 2.42 bits per heavy atom. The molecule has 1 aromatic heterocycles. The summed E-state index contributed by atoms with van der Waals surface area (Å²) >= 11 is 0. The molecule has 6 nitrogen and oxygen atoms in total. The van der Waals surface area contributed by atoms with Crippen molar-refractivity contribution in [1.29, 1.82) is 0 Å². The van der Waals surface area contributed by atoms with Crippen LogP contribution in [0.2, 0.25) is 0 Å². The summed E-state index contributed by atoms with van der Waals surface area (Å²) in [4.78, 5) is 23.2. The maximum absolute atomic E-state index is 12.7. The summed E-state index contributed by atoms with van der Waals surface area (Å²) in [5.74, 6) is 0.217. The molecule has 0 radical (unpaired) electrons. The van der Waals surface area contributed by atoms with Crippen molar-refractivity contribution in [3.8, 4) is 5.69 Å². The molecule has 26 heavy (non-hydrogen) atoms. The van der Waals surface area contributed by atoms with E-state index in [9.17, 15) is 14.9 Å². The first kappa shape index (κ1) is 16.2. The minimum atomic E-state index is -0.428. The molecule has 130 valence electrons. The predicted octanol–water partition coefficient (Wildman–Crippen LogP) is 4.00. The van der Waals surface area contributed by atoms with Gasteiger partial charge in [-0.25, -0.2) is 4.68 Å². The minimum Gasteiger partial charge on any atom is -0.294 e. The monoisotopic (exact) mass is 347 g/mol. The molecular formula is C20H17N3O3. The van der Waals surface area contributed by atoms with Crippen LogP contribution < -0.4 is 0 Å². The van der Waals surface area contributed by atoms with Gasteiger partial charge in [-0.1, -0.05) is 30.3 Å². The average molecular weight is 347 g/mol. The number of non-ortho nitro benzene ring substituents is 1. The van der Waals surface area contributed by atoms with Gasteiger partial charge in [0.05, 0.1) is 27.6 Å². The number of nitro benzene ring substituents is 1. The summed E-state index contributed by atoms with van der Waals surface area (Å²) in [6.07, 6.45) is 1.19. The average Bonchev–Trinajstić information content (AvgIpc) is 2.99. The molecule has 2 aromatic carbocycles. The van der Waals surface area contributed by atoms with Crippen LogP contribution in [0.1, 0.15) is 39.6 Å². The molecule has 3 aromatic rings. The number of hydrogen-bond donors (Lipinski definition) is 0. The number of carbonyl (C=O) groups excluding carboxylic acids is 1. The number of aromatic nitrogens is 2. The van der Waals surface area contributed by atoms with Crippen LogP contribution in [-0.2, 0) is 6.42 Å². The lowest BCUT2D eigenvalue weighted by molar-refractivity contribution is -0.384. The maximum atomic E-state index is 12.7. The first-order valence-electron chi connectivity index (χ1n) is 8.46.